The number of nitrogens with zero attached hydrogens (tertiary/aromatic N) is 2. The average Bonchev–Trinajstić information content (AvgIpc) is 2.61. The summed E-state index contributed by atoms with van der Waals surface area (Å²) in [6.45, 7) is 14.7. The van der Waals surface area contributed by atoms with Crippen LogP contribution in [0.4, 0.5) is 0 Å². The van der Waals surface area contributed by atoms with Crippen LogP contribution in [0.3, 0.4) is 0 Å². The summed E-state index contributed by atoms with van der Waals surface area (Å²) < 4.78 is 10.6. The lowest BCUT2D eigenvalue weighted by Gasteiger charge is -2.18. The van der Waals surface area contributed by atoms with Gasteiger partial charge in [-0.15, -0.1) is 0 Å². The van der Waals surface area contributed by atoms with Crippen molar-refractivity contribution in [1.29, 1.82) is 0 Å². The summed E-state index contributed by atoms with van der Waals surface area (Å²) in [6, 6.07) is 7.47. The van der Waals surface area contributed by atoms with Gasteiger partial charge in [-0.3, -0.25) is 9.97 Å². The summed E-state index contributed by atoms with van der Waals surface area (Å²) >= 11 is 0. The smallest absolute Gasteiger partial charge is 0.331 e. The predicted octanol–water partition coefficient (Wildman–Crippen LogP) is 5.47. The lowest BCUT2D eigenvalue weighted by Crippen LogP contribution is -2.22. The zero-order valence-electron chi connectivity index (χ0n) is 20.1. The molecule has 2 heterocycles. The van der Waals surface area contributed by atoms with Gasteiger partial charge >= 0.3 is 11.9 Å². The summed E-state index contributed by atoms with van der Waals surface area (Å²) in [4.78, 5) is 33.2. The molecule has 0 spiro atoms. The van der Waals surface area contributed by atoms with Crippen molar-refractivity contribution in [3.63, 3.8) is 0 Å². The summed E-state index contributed by atoms with van der Waals surface area (Å²) in [6.07, 6.45) is 6.21. The van der Waals surface area contributed by atoms with E-state index in [9.17, 15) is 9.59 Å². The summed E-state index contributed by atoms with van der Waals surface area (Å²) in [5, 5.41) is 0. The second kappa shape index (κ2) is 9.90. The number of hydrogen-bond acceptors (Lipinski definition) is 6. The lowest BCUT2D eigenvalue weighted by atomic mass is 10.1. The molecule has 0 aliphatic carbocycles. The van der Waals surface area contributed by atoms with Gasteiger partial charge in [-0.2, -0.15) is 0 Å². The van der Waals surface area contributed by atoms with Gasteiger partial charge in [0.15, 0.2) is 0 Å². The van der Waals surface area contributed by atoms with E-state index in [-0.39, 0.29) is 0 Å². The predicted molar refractivity (Wildman–Crippen MR) is 127 cm³/mol. The van der Waals surface area contributed by atoms with Gasteiger partial charge < -0.3 is 9.47 Å². The van der Waals surface area contributed by atoms with Crippen LogP contribution < -0.4 is 0 Å². The molecule has 0 aliphatic heterocycles. The molecule has 0 saturated carbocycles. The highest BCUT2D eigenvalue weighted by Crippen LogP contribution is 2.21. The zero-order chi connectivity index (χ0) is 24.1. The maximum absolute atomic E-state index is 12.0. The van der Waals surface area contributed by atoms with E-state index in [1.807, 2.05) is 79.7 Å². The first-order valence-electron chi connectivity index (χ1n) is 10.5. The molecule has 2 aromatic heterocycles. The van der Waals surface area contributed by atoms with Crippen molar-refractivity contribution in [3.05, 3.63) is 58.9 Å². The largest absolute Gasteiger partial charge is 0.457 e. The normalized spacial score (nSPS) is 12.4. The van der Waals surface area contributed by atoms with Crippen LogP contribution >= 0.6 is 0 Å². The van der Waals surface area contributed by atoms with Crippen LogP contribution in [0.1, 0.15) is 64.1 Å². The topological polar surface area (TPSA) is 78.4 Å². The molecule has 0 aromatic carbocycles. The Bertz CT molecular complexity index is 969. The molecule has 0 aliphatic rings. The molecular weight excluding hydrogens is 404 g/mol. The monoisotopic (exact) mass is 436 g/mol. The first-order chi connectivity index (χ1) is 14.7. The Morgan fingerprint density at radius 1 is 0.688 bits per heavy atom. The van der Waals surface area contributed by atoms with Crippen LogP contribution in [0.2, 0.25) is 0 Å². The number of carbonyl (C=O) groups excluding carboxylic acids is 2. The molecule has 0 bridgehead atoms. The fraction of sp³-hybridized carbons (Fsp3) is 0.385. The fourth-order valence-electron chi connectivity index (χ4n) is 2.85. The maximum Gasteiger partial charge on any atom is 0.331 e. The van der Waals surface area contributed by atoms with Crippen molar-refractivity contribution in [1.82, 2.24) is 9.97 Å². The van der Waals surface area contributed by atoms with E-state index in [0.29, 0.717) is 11.4 Å². The molecule has 0 atom stereocenters. The highest BCUT2D eigenvalue weighted by molar-refractivity contribution is 5.88. The van der Waals surface area contributed by atoms with Crippen molar-refractivity contribution in [2.45, 2.75) is 66.6 Å². The molecule has 2 rings (SSSR count). The minimum Gasteiger partial charge on any atom is -0.457 e. The Kier molecular flexibility index (Phi) is 7.73. The summed E-state index contributed by atoms with van der Waals surface area (Å²) in [5.41, 5.74) is 3.46. The van der Waals surface area contributed by atoms with Gasteiger partial charge in [0.05, 0.1) is 11.4 Å². The van der Waals surface area contributed by atoms with E-state index in [1.54, 1.807) is 12.2 Å². The molecule has 2 aromatic rings. The van der Waals surface area contributed by atoms with Gasteiger partial charge in [0.25, 0.3) is 0 Å². The second-order valence-electron chi connectivity index (χ2n) is 9.59. The Morgan fingerprint density at radius 3 is 1.34 bits per heavy atom. The number of aryl methyl sites for hydroxylation is 2. The molecule has 0 saturated heterocycles. The van der Waals surface area contributed by atoms with Crippen molar-refractivity contribution >= 4 is 24.1 Å². The van der Waals surface area contributed by atoms with Gasteiger partial charge in [-0.1, -0.05) is 0 Å². The maximum atomic E-state index is 12.0. The third kappa shape index (κ3) is 8.84. The average molecular weight is 437 g/mol. The number of pyridine rings is 2. The summed E-state index contributed by atoms with van der Waals surface area (Å²) in [7, 11) is 0. The highest BCUT2D eigenvalue weighted by Gasteiger charge is 2.15. The van der Waals surface area contributed by atoms with Crippen LogP contribution in [0.15, 0.2) is 36.4 Å². The van der Waals surface area contributed by atoms with Crippen LogP contribution in [-0.4, -0.2) is 33.1 Å². The number of esters is 2. The van der Waals surface area contributed by atoms with E-state index < -0.39 is 23.1 Å². The van der Waals surface area contributed by atoms with Gasteiger partial charge in [-0.05, 0) is 103 Å². The number of hydrogen-bond donors (Lipinski definition) is 0. The lowest BCUT2D eigenvalue weighted by molar-refractivity contribution is -0.149. The third-order valence-corrected chi connectivity index (χ3v) is 3.85. The molecule has 6 nitrogen and oxygen atoms in total. The molecule has 0 N–H and O–H groups in total. The van der Waals surface area contributed by atoms with Crippen molar-refractivity contribution in [2.75, 3.05) is 0 Å². The van der Waals surface area contributed by atoms with Crippen LogP contribution in [0.25, 0.3) is 23.5 Å². The SMILES string of the molecule is Cc1cc(/C=C/C(=O)OC(C)(C)C)cc(-c2cc(/C=C/C(=O)OC(C)(C)C)cc(C)n2)n1. The standard InChI is InChI=1S/C26H32N2O4/c1-17-13-19(9-11-23(29)31-25(3,4)5)15-21(27-17)22-16-20(14-18(2)28-22)10-12-24(30)32-26(6,7)8/h9-16H,1-8H3/b11-9+,12-10+. The van der Waals surface area contributed by atoms with Gasteiger partial charge in [-0.25, -0.2) is 9.59 Å². The van der Waals surface area contributed by atoms with Crippen molar-refractivity contribution < 1.29 is 19.1 Å². The minimum absolute atomic E-state index is 0.406. The van der Waals surface area contributed by atoms with E-state index >= 15 is 0 Å². The fourth-order valence-corrected chi connectivity index (χ4v) is 2.85. The van der Waals surface area contributed by atoms with Crippen molar-refractivity contribution in [2.24, 2.45) is 0 Å². The number of rotatable bonds is 5. The zero-order valence-corrected chi connectivity index (χ0v) is 20.1. The van der Waals surface area contributed by atoms with Gasteiger partial charge in [0, 0.05) is 23.5 Å². The molecule has 0 radical (unpaired) electrons. The molecule has 32 heavy (non-hydrogen) atoms. The van der Waals surface area contributed by atoms with E-state index in [0.717, 1.165) is 22.5 Å². The molecular formula is C26H32N2O4. The number of carbonyl (C=O) groups is 2. The molecule has 0 unspecified atom stereocenters. The van der Waals surface area contributed by atoms with Crippen molar-refractivity contribution in [3.8, 4) is 11.4 Å². The van der Waals surface area contributed by atoms with Gasteiger partial charge in [0.2, 0.25) is 0 Å². The number of aromatic nitrogens is 2. The summed E-state index contributed by atoms with van der Waals surface area (Å²) in [5.74, 6) is -0.812. The Hall–Kier alpha value is -3.28. The molecule has 6 heteroatoms. The highest BCUT2D eigenvalue weighted by atomic mass is 16.6. The van der Waals surface area contributed by atoms with Crippen LogP contribution in [0.5, 0.6) is 0 Å². The Labute approximate surface area is 190 Å². The molecule has 0 fully saturated rings. The third-order valence-electron chi connectivity index (χ3n) is 3.85. The van der Waals surface area contributed by atoms with Crippen LogP contribution in [0, 0.1) is 13.8 Å². The Balaban J connectivity index is 2.30. The van der Waals surface area contributed by atoms with E-state index in [1.165, 1.54) is 12.2 Å². The van der Waals surface area contributed by atoms with Crippen LogP contribution in [-0.2, 0) is 19.1 Å². The van der Waals surface area contributed by atoms with E-state index in [2.05, 4.69) is 9.97 Å². The second-order valence-corrected chi connectivity index (χ2v) is 9.59. The van der Waals surface area contributed by atoms with E-state index in [4.69, 9.17) is 9.47 Å². The van der Waals surface area contributed by atoms with Gasteiger partial charge in [0.1, 0.15) is 11.2 Å². The molecule has 170 valence electrons. The molecule has 0 amide bonds. The number of ether oxygens (including phenoxy) is 2. The first kappa shape index (κ1) is 25.0. The Morgan fingerprint density at radius 2 is 1.03 bits per heavy atom. The minimum atomic E-state index is -0.546. The first-order valence-corrected chi connectivity index (χ1v) is 10.5. The quantitative estimate of drug-likeness (QED) is 0.457.